The first kappa shape index (κ1) is 31.9. The molecule has 11 aromatic rings. The van der Waals surface area contributed by atoms with Crippen LogP contribution in [0.5, 0.6) is 0 Å². The molecule has 7 aromatic carbocycles. The maximum atomic E-state index is 6.73. The molecule has 0 bridgehead atoms. The van der Waals surface area contributed by atoms with Crippen LogP contribution in [0.1, 0.15) is 0 Å². The van der Waals surface area contributed by atoms with E-state index in [1.807, 2.05) is 72.9 Å². The second kappa shape index (κ2) is 13.0. The molecule has 262 valence electrons. The third kappa shape index (κ3) is 5.29. The molecular weight excluding hydrogens is 687 g/mol. The summed E-state index contributed by atoms with van der Waals surface area (Å²) in [5.41, 5.74) is 14.5. The van der Waals surface area contributed by atoms with E-state index in [2.05, 4.69) is 114 Å². The molecular formula is C51H31N3O2. The van der Waals surface area contributed by atoms with Gasteiger partial charge in [0.25, 0.3) is 0 Å². The second-order valence-corrected chi connectivity index (χ2v) is 13.9. The molecule has 0 saturated carbocycles. The number of hydrogen-bond acceptors (Lipinski definition) is 5. The van der Waals surface area contributed by atoms with Gasteiger partial charge in [-0.05, 0) is 58.7 Å². The van der Waals surface area contributed by atoms with E-state index in [0.29, 0.717) is 5.82 Å². The van der Waals surface area contributed by atoms with Gasteiger partial charge in [-0.3, -0.25) is 4.98 Å². The van der Waals surface area contributed by atoms with Crippen molar-refractivity contribution in [3.63, 3.8) is 0 Å². The Morgan fingerprint density at radius 3 is 1.71 bits per heavy atom. The van der Waals surface area contributed by atoms with Crippen LogP contribution in [0.3, 0.4) is 0 Å². The molecule has 5 heteroatoms. The highest BCUT2D eigenvalue weighted by atomic mass is 16.3. The largest absolute Gasteiger partial charge is 0.456 e. The number of rotatable bonds is 6. The number of furan rings is 2. The first-order valence-electron chi connectivity index (χ1n) is 18.7. The molecule has 11 rings (SSSR count). The molecule has 0 saturated heterocycles. The lowest BCUT2D eigenvalue weighted by Gasteiger charge is -2.13. The maximum Gasteiger partial charge on any atom is 0.161 e. The van der Waals surface area contributed by atoms with E-state index in [0.717, 1.165) is 105 Å². The Kier molecular flexibility index (Phi) is 7.42. The Morgan fingerprint density at radius 1 is 0.357 bits per heavy atom. The summed E-state index contributed by atoms with van der Waals surface area (Å²) in [6, 6.07) is 60.5. The number of para-hydroxylation sites is 2. The summed E-state index contributed by atoms with van der Waals surface area (Å²) in [6.07, 6.45) is 3.67. The van der Waals surface area contributed by atoms with E-state index in [4.69, 9.17) is 18.8 Å². The van der Waals surface area contributed by atoms with Crippen LogP contribution in [0.25, 0.3) is 111 Å². The van der Waals surface area contributed by atoms with E-state index < -0.39 is 0 Å². The zero-order valence-electron chi connectivity index (χ0n) is 30.1. The molecule has 5 nitrogen and oxygen atoms in total. The Morgan fingerprint density at radius 2 is 0.946 bits per heavy atom. The SMILES string of the molecule is c1ccc(-c2cc(-c3ccc(-c4ccc(-c5cccc6oc7ccccc7c56)c5oc6ccccc6c45)cc3)nc(-c3ccccc3-c3cccnc3)n2)cc1. The maximum absolute atomic E-state index is 6.73. The number of pyridine rings is 1. The van der Waals surface area contributed by atoms with Crippen molar-refractivity contribution in [1.82, 2.24) is 15.0 Å². The summed E-state index contributed by atoms with van der Waals surface area (Å²) >= 11 is 0. The van der Waals surface area contributed by atoms with Crippen LogP contribution < -0.4 is 0 Å². The van der Waals surface area contributed by atoms with E-state index in [1.54, 1.807) is 6.20 Å². The molecule has 0 fully saturated rings. The number of aromatic nitrogens is 3. The van der Waals surface area contributed by atoms with Crippen molar-refractivity contribution >= 4 is 43.9 Å². The highest BCUT2D eigenvalue weighted by Gasteiger charge is 2.21. The minimum atomic E-state index is 0.660. The fourth-order valence-corrected chi connectivity index (χ4v) is 8.02. The molecule has 4 aromatic heterocycles. The Labute approximate surface area is 322 Å². The van der Waals surface area contributed by atoms with E-state index in [1.165, 1.54) is 0 Å². The quantitative estimate of drug-likeness (QED) is 0.171. The highest BCUT2D eigenvalue weighted by Crippen LogP contribution is 2.45. The zero-order valence-corrected chi connectivity index (χ0v) is 30.1. The Hall–Kier alpha value is -7.63. The van der Waals surface area contributed by atoms with Crippen LogP contribution >= 0.6 is 0 Å². The normalized spacial score (nSPS) is 11.6. The van der Waals surface area contributed by atoms with Crippen LogP contribution in [0.15, 0.2) is 197 Å². The minimum absolute atomic E-state index is 0.660. The van der Waals surface area contributed by atoms with Crippen LogP contribution in [-0.2, 0) is 0 Å². The molecule has 0 spiro atoms. The van der Waals surface area contributed by atoms with Crippen molar-refractivity contribution in [2.24, 2.45) is 0 Å². The van der Waals surface area contributed by atoms with Crippen molar-refractivity contribution in [3.05, 3.63) is 188 Å². The van der Waals surface area contributed by atoms with Crippen LogP contribution in [0.4, 0.5) is 0 Å². The standard InChI is InChI=1S/C51H31N3O2/c1-2-12-33(13-3-1)43-30-44(54-51(53-43)40-16-5-4-15-36(40)35-14-11-29-52-31-35)34-25-23-32(24-26-34)37-27-28-39(50-49(37)42-18-7-9-21-46(42)56-50)38-19-10-22-47-48(38)41-17-6-8-20-45(41)55-47/h1-31H. The summed E-state index contributed by atoms with van der Waals surface area (Å²) < 4.78 is 13.0. The first-order valence-corrected chi connectivity index (χ1v) is 18.7. The van der Waals surface area contributed by atoms with Gasteiger partial charge in [0.1, 0.15) is 22.3 Å². The van der Waals surface area contributed by atoms with Crippen LogP contribution in [0, 0.1) is 0 Å². The van der Waals surface area contributed by atoms with Gasteiger partial charge < -0.3 is 8.83 Å². The number of nitrogens with zero attached hydrogens (tertiary/aromatic N) is 3. The summed E-state index contributed by atoms with van der Waals surface area (Å²) in [7, 11) is 0. The number of fused-ring (bicyclic) bond motifs is 6. The molecule has 0 aliphatic carbocycles. The van der Waals surface area contributed by atoms with Gasteiger partial charge in [-0.15, -0.1) is 0 Å². The Bertz CT molecular complexity index is 3240. The van der Waals surface area contributed by atoms with Crippen molar-refractivity contribution in [1.29, 1.82) is 0 Å². The summed E-state index contributed by atoms with van der Waals surface area (Å²) in [6.45, 7) is 0. The molecule has 0 aliphatic rings. The average molecular weight is 718 g/mol. The fourth-order valence-electron chi connectivity index (χ4n) is 8.02. The van der Waals surface area contributed by atoms with Gasteiger partial charge in [0, 0.05) is 61.8 Å². The minimum Gasteiger partial charge on any atom is -0.456 e. The van der Waals surface area contributed by atoms with Gasteiger partial charge in [-0.1, -0.05) is 140 Å². The smallest absolute Gasteiger partial charge is 0.161 e. The molecule has 0 aliphatic heterocycles. The zero-order chi connectivity index (χ0) is 37.0. The van der Waals surface area contributed by atoms with Crippen LogP contribution in [0.2, 0.25) is 0 Å². The van der Waals surface area contributed by atoms with Gasteiger partial charge >= 0.3 is 0 Å². The summed E-state index contributed by atoms with van der Waals surface area (Å²) in [5.74, 6) is 0.660. The lowest BCUT2D eigenvalue weighted by Crippen LogP contribution is -1.97. The van der Waals surface area contributed by atoms with Gasteiger partial charge in [0.15, 0.2) is 5.82 Å². The fraction of sp³-hybridized carbons (Fsp3) is 0. The first-order chi connectivity index (χ1) is 27.8. The third-order valence-corrected chi connectivity index (χ3v) is 10.6. The Balaban J connectivity index is 1.06. The lowest BCUT2D eigenvalue weighted by atomic mass is 9.92. The van der Waals surface area contributed by atoms with Gasteiger partial charge in [0.05, 0.1) is 11.4 Å². The number of benzene rings is 7. The van der Waals surface area contributed by atoms with Crippen molar-refractivity contribution < 1.29 is 8.83 Å². The van der Waals surface area contributed by atoms with Crippen molar-refractivity contribution in [2.75, 3.05) is 0 Å². The second-order valence-electron chi connectivity index (χ2n) is 13.9. The molecule has 0 amide bonds. The van der Waals surface area contributed by atoms with E-state index in [-0.39, 0.29) is 0 Å². The monoisotopic (exact) mass is 717 g/mol. The predicted octanol–water partition coefficient (Wildman–Crippen LogP) is 13.7. The third-order valence-electron chi connectivity index (χ3n) is 10.6. The summed E-state index contributed by atoms with van der Waals surface area (Å²) in [4.78, 5) is 14.7. The lowest BCUT2D eigenvalue weighted by molar-refractivity contribution is 0.668. The molecule has 56 heavy (non-hydrogen) atoms. The van der Waals surface area contributed by atoms with Gasteiger partial charge in [-0.2, -0.15) is 0 Å². The molecule has 0 radical (unpaired) electrons. The van der Waals surface area contributed by atoms with Crippen LogP contribution in [-0.4, -0.2) is 15.0 Å². The molecule has 0 unspecified atom stereocenters. The van der Waals surface area contributed by atoms with Gasteiger partial charge in [-0.25, -0.2) is 9.97 Å². The average Bonchev–Trinajstić information content (AvgIpc) is 3.86. The van der Waals surface area contributed by atoms with Crippen molar-refractivity contribution in [2.45, 2.75) is 0 Å². The molecule has 0 N–H and O–H groups in total. The molecule has 4 heterocycles. The number of hydrogen-bond donors (Lipinski definition) is 0. The van der Waals surface area contributed by atoms with E-state index in [9.17, 15) is 0 Å². The topological polar surface area (TPSA) is 65.0 Å². The molecule has 0 atom stereocenters. The van der Waals surface area contributed by atoms with E-state index >= 15 is 0 Å². The summed E-state index contributed by atoms with van der Waals surface area (Å²) in [5, 5.41) is 4.33. The van der Waals surface area contributed by atoms with Gasteiger partial charge in [0.2, 0.25) is 0 Å². The highest BCUT2D eigenvalue weighted by molar-refractivity contribution is 6.20. The predicted molar refractivity (Wildman–Crippen MR) is 227 cm³/mol. The van der Waals surface area contributed by atoms with Crippen molar-refractivity contribution in [3.8, 4) is 67.3 Å².